The van der Waals surface area contributed by atoms with E-state index in [4.69, 9.17) is 5.11 Å². The molecule has 2 N–H and O–H groups in total. The molecule has 0 bridgehead atoms. The Kier molecular flexibility index (Phi) is 2.52. The first-order valence-electron chi connectivity index (χ1n) is 4.91. The van der Waals surface area contributed by atoms with E-state index in [9.17, 15) is 14.7 Å². The average Bonchev–Trinajstić information content (AvgIpc) is 2.22. The Morgan fingerprint density at radius 1 is 1.44 bits per heavy atom. The minimum Gasteiger partial charge on any atom is -0.508 e. The molecule has 0 saturated carbocycles. The molecular weight excluding hydrogens is 210 g/mol. The molecule has 0 aliphatic carbocycles. The van der Waals surface area contributed by atoms with Gasteiger partial charge in [0.05, 0.1) is 0 Å². The number of amides is 1. The third-order valence-electron chi connectivity index (χ3n) is 2.58. The molecule has 1 heterocycles. The number of carboxylic acids is 1. The molecule has 0 saturated heterocycles. The second-order valence-electron chi connectivity index (χ2n) is 3.71. The summed E-state index contributed by atoms with van der Waals surface area (Å²) < 4.78 is 0. The Hall–Kier alpha value is -2.04. The number of carbonyl (C=O) groups is 2. The topological polar surface area (TPSA) is 77.8 Å². The Morgan fingerprint density at radius 3 is 2.88 bits per heavy atom. The zero-order valence-corrected chi connectivity index (χ0v) is 8.51. The number of fused-ring (bicyclic) bond motifs is 1. The summed E-state index contributed by atoms with van der Waals surface area (Å²) in [7, 11) is 0. The Morgan fingerprint density at radius 2 is 2.19 bits per heavy atom. The molecule has 0 radical (unpaired) electrons. The highest BCUT2D eigenvalue weighted by Gasteiger charge is 2.25. The van der Waals surface area contributed by atoms with Gasteiger partial charge in [-0.05, 0) is 30.2 Å². The smallest absolute Gasteiger partial charge is 0.323 e. The van der Waals surface area contributed by atoms with Crippen LogP contribution in [0.1, 0.15) is 15.9 Å². The highest BCUT2D eigenvalue weighted by molar-refractivity contribution is 5.98. The molecular formula is C11H11NO4. The maximum atomic E-state index is 11.8. The SMILES string of the molecule is O=C(O)CN1CCc2cc(O)ccc2C1=O. The van der Waals surface area contributed by atoms with Crippen LogP contribution in [0.4, 0.5) is 0 Å². The maximum Gasteiger partial charge on any atom is 0.323 e. The van der Waals surface area contributed by atoms with Gasteiger partial charge in [-0.25, -0.2) is 0 Å². The number of rotatable bonds is 2. The third kappa shape index (κ3) is 1.84. The molecule has 1 aliphatic rings. The van der Waals surface area contributed by atoms with Gasteiger partial charge in [0.15, 0.2) is 0 Å². The van der Waals surface area contributed by atoms with Crippen LogP contribution in [-0.4, -0.2) is 40.1 Å². The number of carbonyl (C=O) groups excluding carboxylic acids is 1. The van der Waals surface area contributed by atoms with Crippen molar-refractivity contribution in [1.82, 2.24) is 4.90 Å². The van der Waals surface area contributed by atoms with Crippen LogP contribution >= 0.6 is 0 Å². The molecule has 16 heavy (non-hydrogen) atoms. The molecule has 0 unspecified atom stereocenters. The van der Waals surface area contributed by atoms with Gasteiger partial charge in [0, 0.05) is 12.1 Å². The lowest BCUT2D eigenvalue weighted by molar-refractivity contribution is -0.137. The first-order valence-corrected chi connectivity index (χ1v) is 4.91. The number of carboxylic acid groups (broad SMARTS) is 1. The van der Waals surface area contributed by atoms with Crippen LogP contribution in [-0.2, 0) is 11.2 Å². The molecule has 1 amide bonds. The van der Waals surface area contributed by atoms with Gasteiger partial charge in [-0.1, -0.05) is 0 Å². The van der Waals surface area contributed by atoms with Crippen LogP contribution in [0.3, 0.4) is 0 Å². The molecule has 1 aromatic rings. The van der Waals surface area contributed by atoms with Crippen molar-refractivity contribution in [3.8, 4) is 5.75 Å². The minimum atomic E-state index is -1.02. The van der Waals surface area contributed by atoms with Crippen molar-refractivity contribution in [2.24, 2.45) is 0 Å². The number of nitrogens with zero attached hydrogens (tertiary/aromatic N) is 1. The first-order chi connectivity index (χ1) is 7.58. The van der Waals surface area contributed by atoms with E-state index in [2.05, 4.69) is 0 Å². The van der Waals surface area contributed by atoms with E-state index in [1.54, 1.807) is 6.07 Å². The zero-order valence-electron chi connectivity index (χ0n) is 8.51. The third-order valence-corrected chi connectivity index (χ3v) is 2.58. The van der Waals surface area contributed by atoms with E-state index in [1.807, 2.05) is 0 Å². The van der Waals surface area contributed by atoms with Crippen LogP contribution < -0.4 is 0 Å². The van der Waals surface area contributed by atoms with Crippen molar-refractivity contribution >= 4 is 11.9 Å². The van der Waals surface area contributed by atoms with Gasteiger partial charge in [-0.15, -0.1) is 0 Å². The summed E-state index contributed by atoms with van der Waals surface area (Å²) in [6, 6.07) is 4.51. The van der Waals surface area contributed by atoms with Crippen molar-refractivity contribution in [3.63, 3.8) is 0 Å². The lowest BCUT2D eigenvalue weighted by Crippen LogP contribution is -2.40. The van der Waals surface area contributed by atoms with E-state index in [1.165, 1.54) is 17.0 Å². The van der Waals surface area contributed by atoms with Gasteiger partial charge >= 0.3 is 5.97 Å². The van der Waals surface area contributed by atoms with Crippen LogP contribution in [0.5, 0.6) is 5.75 Å². The normalized spacial score (nSPS) is 14.8. The fourth-order valence-corrected chi connectivity index (χ4v) is 1.84. The predicted molar refractivity (Wildman–Crippen MR) is 55.4 cm³/mol. The van der Waals surface area contributed by atoms with Crippen molar-refractivity contribution in [2.75, 3.05) is 13.1 Å². The van der Waals surface area contributed by atoms with Gasteiger partial charge in [-0.3, -0.25) is 9.59 Å². The van der Waals surface area contributed by atoms with Gasteiger partial charge in [0.1, 0.15) is 12.3 Å². The second kappa shape index (κ2) is 3.84. The maximum absolute atomic E-state index is 11.8. The summed E-state index contributed by atoms with van der Waals surface area (Å²) in [6.45, 7) is 0.0980. The highest BCUT2D eigenvalue weighted by atomic mass is 16.4. The number of hydrogen-bond acceptors (Lipinski definition) is 3. The summed E-state index contributed by atoms with van der Waals surface area (Å²) in [5, 5.41) is 17.9. The molecule has 0 spiro atoms. The minimum absolute atomic E-state index is 0.123. The standard InChI is InChI=1S/C11H11NO4/c13-8-1-2-9-7(5-8)3-4-12(11(9)16)6-10(14)15/h1-2,5,13H,3-4,6H2,(H,14,15). The van der Waals surface area contributed by atoms with Crippen LogP contribution in [0.15, 0.2) is 18.2 Å². The Bertz CT molecular complexity index is 455. The quantitative estimate of drug-likeness (QED) is 0.761. The summed E-state index contributed by atoms with van der Waals surface area (Å²) >= 11 is 0. The van der Waals surface area contributed by atoms with Gasteiger partial charge in [0.25, 0.3) is 5.91 Å². The zero-order chi connectivity index (χ0) is 11.7. The van der Waals surface area contributed by atoms with Crippen LogP contribution in [0.2, 0.25) is 0 Å². The van der Waals surface area contributed by atoms with Gasteiger partial charge in [0.2, 0.25) is 0 Å². The summed E-state index contributed by atoms with van der Waals surface area (Å²) in [5.41, 5.74) is 1.25. The molecule has 84 valence electrons. The number of aromatic hydroxyl groups is 1. The number of hydrogen-bond donors (Lipinski definition) is 2. The largest absolute Gasteiger partial charge is 0.508 e. The molecule has 2 rings (SSSR count). The fourth-order valence-electron chi connectivity index (χ4n) is 1.84. The van der Waals surface area contributed by atoms with Gasteiger partial charge < -0.3 is 15.1 Å². The lowest BCUT2D eigenvalue weighted by atomic mass is 9.99. The Labute approximate surface area is 91.9 Å². The summed E-state index contributed by atoms with van der Waals surface area (Å²) in [4.78, 5) is 23.7. The highest BCUT2D eigenvalue weighted by Crippen LogP contribution is 2.22. The Balaban J connectivity index is 2.29. The summed E-state index contributed by atoms with van der Waals surface area (Å²) in [6.07, 6.45) is 0.572. The lowest BCUT2D eigenvalue weighted by Gasteiger charge is -2.27. The van der Waals surface area contributed by atoms with E-state index < -0.39 is 5.97 Å². The van der Waals surface area contributed by atoms with Crippen LogP contribution in [0.25, 0.3) is 0 Å². The van der Waals surface area contributed by atoms with E-state index >= 15 is 0 Å². The number of phenols is 1. The monoisotopic (exact) mass is 221 g/mol. The average molecular weight is 221 g/mol. The number of phenolic OH excluding ortho intramolecular Hbond substituents is 1. The molecule has 1 aliphatic heterocycles. The molecule has 0 fully saturated rings. The molecule has 0 aromatic heterocycles. The van der Waals surface area contributed by atoms with Gasteiger partial charge in [-0.2, -0.15) is 0 Å². The van der Waals surface area contributed by atoms with Crippen molar-refractivity contribution in [1.29, 1.82) is 0 Å². The molecule has 5 nitrogen and oxygen atoms in total. The van der Waals surface area contributed by atoms with Crippen molar-refractivity contribution in [2.45, 2.75) is 6.42 Å². The predicted octanol–water partition coefficient (Wildman–Crippen LogP) is 0.475. The van der Waals surface area contributed by atoms with E-state index in [-0.39, 0.29) is 18.2 Å². The summed E-state index contributed by atoms with van der Waals surface area (Å²) in [5.74, 6) is -1.18. The second-order valence-corrected chi connectivity index (χ2v) is 3.71. The van der Waals surface area contributed by atoms with E-state index in [0.29, 0.717) is 18.5 Å². The fraction of sp³-hybridized carbons (Fsp3) is 0.273. The van der Waals surface area contributed by atoms with Crippen molar-refractivity contribution < 1.29 is 19.8 Å². The number of benzene rings is 1. The molecule has 1 aromatic carbocycles. The van der Waals surface area contributed by atoms with Crippen molar-refractivity contribution in [3.05, 3.63) is 29.3 Å². The molecule has 5 heteroatoms. The van der Waals surface area contributed by atoms with Crippen LogP contribution in [0, 0.1) is 0 Å². The molecule has 0 atom stereocenters. The number of aliphatic carboxylic acids is 1. The van der Waals surface area contributed by atoms with E-state index in [0.717, 1.165) is 5.56 Å². The first kappa shape index (κ1) is 10.5.